The van der Waals surface area contributed by atoms with E-state index in [1.165, 1.54) is 18.4 Å². The van der Waals surface area contributed by atoms with E-state index in [0.717, 1.165) is 36.6 Å². The lowest BCUT2D eigenvalue weighted by atomic mass is 10.2. The molecule has 3 rings (SSSR count). The van der Waals surface area contributed by atoms with E-state index in [2.05, 4.69) is 28.1 Å². The van der Waals surface area contributed by atoms with E-state index >= 15 is 0 Å². The van der Waals surface area contributed by atoms with Crippen LogP contribution in [0.3, 0.4) is 0 Å². The minimum atomic E-state index is 0.751. The van der Waals surface area contributed by atoms with E-state index in [1.54, 1.807) is 7.11 Å². The molecule has 0 saturated heterocycles. The summed E-state index contributed by atoms with van der Waals surface area (Å²) in [5.74, 6) is 0.899. The molecule has 2 aliphatic rings. The van der Waals surface area contributed by atoms with Crippen molar-refractivity contribution >= 4 is 11.6 Å². The first-order valence-electron chi connectivity index (χ1n) is 6.72. The van der Waals surface area contributed by atoms with E-state index in [1.807, 2.05) is 12.1 Å². The third kappa shape index (κ3) is 3.23. The number of ether oxygens (including phenoxy) is 1. The molecular weight excluding hydrogens is 260 g/mol. The number of nitrogens with zero attached hydrogens (tertiary/aromatic N) is 2. The molecule has 1 aliphatic heterocycles. The van der Waals surface area contributed by atoms with E-state index in [4.69, 9.17) is 16.3 Å². The van der Waals surface area contributed by atoms with Gasteiger partial charge < -0.3 is 9.64 Å². The number of hydrogen-bond donors (Lipinski definition) is 0. The first kappa shape index (κ1) is 12.8. The molecule has 0 atom stereocenters. The van der Waals surface area contributed by atoms with Gasteiger partial charge in [-0.25, -0.2) is 0 Å². The van der Waals surface area contributed by atoms with Gasteiger partial charge in [0.05, 0.1) is 13.8 Å². The van der Waals surface area contributed by atoms with E-state index in [0.29, 0.717) is 0 Å². The molecule has 1 aromatic carbocycles. The molecule has 0 amide bonds. The molecule has 0 aromatic heterocycles. The maximum atomic E-state index is 6.25. The Balaban J connectivity index is 1.65. The van der Waals surface area contributed by atoms with Gasteiger partial charge >= 0.3 is 0 Å². The number of rotatable bonds is 4. The van der Waals surface area contributed by atoms with Crippen LogP contribution in [-0.2, 0) is 6.54 Å². The highest BCUT2D eigenvalue weighted by Gasteiger charge is 2.31. The van der Waals surface area contributed by atoms with Crippen LogP contribution in [-0.4, -0.2) is 36.2 Å². The second kappa shape index (κ2) is 5.43. The lowest BCUT2D eigenvalue weighted by Crippen LogP contribution is -2.40. The normalized spacial score (nSPS) is 20.3. The van der Waals surface area contributed by atoms with Gasteiger partial charge in [0, 0.05) is 30.4 Å². The van der Waals surface area contributed by atoms with E-state index in [9.17, 15) is 0 Å². The largest absolute Gasteiger partial charge is 0.497 e. The van der Waals surface area contributed by atoms with E-state index in [-0.39, 0.29) is 0 Å². The van der Waals surface area contributed by atoms with Crippen LogP contribution in [0.2, 0.25) is 0 Å². The van der Waals surface area contributed by atoms with Crippen molar-refractivity contribution in [1.29, 1.82) is 0 Å². The molecule has 0 spiro atoms. The van der Waals surface area contributed by atoms with Crippen LogP contribution >= 0.6 is 11.6 Å². The standard InChI is InChI=1S/C15H19ClN2O/c1-19-15-6-2-12(3-7-15)8-17-9-13(16)10-18(11-17)14-4-5-14/h2-3,6-7,9,14H,4-5,8,10-11H2,1H3. The fourth-order valence-electron chi connectivity index (χ4n) is 2.50. The zero-order valence-corrected chi connectivity index (χ0v) is 11.9. The van der Waals surface area contributed by atoms with Crippen LogP contribution in [0, 0.1) is 0 Å². The molecule has 4 heteroatoms. The average molecular weight is 279 g/mol. The Hall–Kier alpha value is -1.19. The van der Waals surface area contributed by atoms with Crippen LogP contribution in [0.4, 0.5) is 0 Å². The fraction of sp³-hybridized carbons (Fsp3) is 0.467. The zero-order valence-electron chi connectivity index (χ0n) is 11.2. The molecule has 102 valence electrons. The molecule has 1 aliphatic carbocycles. The van der Waals surface area contributed by atoms with Gasteiger partial charge in [-0.15, -0.1) is 0 Å². The SMILES string of the molecule is COc1ccc(CN2C=C(Cl)CN(C3CC3)C2)cc1. The first-order valence-corrected chi connectivity index (χ1v) is 7.09. The molecular formula is C15H19ClN2O. The Labute approximate surface area is 119 Å². The quantitative estimate of drug-likeness (QED) is 0.842. The van der Waals surface area contributed by atoms with Crippen LogP contribution in [0.25, 0.3) is 0 Å². The van der Waals surface area contributed by atoms with Crippen molar-refractivity contribution in [2.45, 2.75) is 25.4 Å². The second-order valence-electron chi connectivity index (χ2n) is 5.29. The summed E-state index contributed by atoms with van der Waals surface area (Å²) in [4.78, 5) is 4.75. The Kier molecular flexibility index (Phi) is 3.67. The number of benzene rings is 1. The Morgan fingerprint density at radius 1 is 1.26 bits per heavy atom. The lowest BCUT2D eigenvalue weighted by molar-refractivity contribution is 0.154. The van der Waals surface area contributed by atoms with E-state index < -0.39 is 0 Å². The predicted molar refractivity (Wildman–Crippen MR) is 77.1 cm³/mol. The number of methoxy groups -OCH3 is 1. The molecule has 19 heavy (non-hydrogen) atoms. The Bertz CT molecular complexity index is 468. The average Bonchev–Trinajstić information content (AvgIpc) is 3.23. The summed E-state index contributed by atoms with van der Waals surface area (Å²) in [5.41, 5.74) is 1.28. The van der Waals surface area contributed by atoms with Gasteiger partial charge in [-0.05, 0) is 30.5 Å². The van der Waals surface area contributed by atoms with Crippen molar-refractivity contribution in [2.75, 3.05) is 20.3 Å². The zero-order chi connectivity index (χ0) is 13.2. The number of halogens is 1. The summed E-state index contributed by atoms with van der Waals surface area (Å²) in [6, 6.07) is 8.97. The van der Waals surface area contributed by atoms with Gasteiger partial charge in [-0.2, -0.15) is 0 Å². The van der Waals surface area contributed by atoms with Crippen molar-refractivity contribution in [3.05, 3.63) is 41.1 Å². The monoisotopic (exact) mass is 278 g/mol. The fourth-order valence-corrected chi connectivity index (χ4v) is 2.79. The van der Waals surface area contributed by atoms with Crippen LogP contribution < -0.4 is 4.74 Å². The molecule has 1 fully saturated rings. The maximum absolute atomic E-state index is 6.25. The van der Waals surface area contributed by atoms with Gasteiger partial charge in [-0.3, -0.25) is 4.90 Å². The third-order valence-electron chi connectivity index (χ3n) is 3.65. The highest BCUT2D eigenvalue weighted by molar-refractivity contribution is 6.29. The summed E-state index contributed by atoms with van der Waals surface area (Å²) in [6.07, 6.45) is 4.71. The van der Waals surface area contributed by atoms with Crippen molar-refractivity contribution in [1.82, 2.24) is 9.80 Å². The summed E-state index contributed by atoms with van der Waals surface area (Å²) in [5, 5.41) is 0.937. The van der Waals surface area contributed by atoms with Gasteiger partial charge in [-0.1, -0.05) is 23.7 Å². The summed E-state index contributed by atoms with van der Waals surface area (Å²) >= 11 is 6.25. The van der Waals surface area contributed by atoms with Gasteiger partial charge in [0.1, 0.15) is 5.75 Å². The highest BCUT2D eigenvalue weighted by Crippen LogP contribution is 2.30. The summed E-state index contributed by atoms with van der Waals surface area (Å²) in [7, 11) is 1.69. The minimum absolute atomic E-state index is 0.751. The Morgan fingerprint density at radius 3 is 2.63 bits per heavy atom. The third-order valence-corrected chi connectivity index (χ3v) is 3.87. The lowest BCUT2D eigenvalue weighted by Gasteiger charge is -2.34. The Morgan fingerprint density at radius 2 is 2.00 bits per heavy atom. The van der Waals surface area contributed by atoms with Crippen LogP contribution in [0.15, 0.2) is 35.5 Å². The molecule has 1 saturated carbocycles. The van der Waals surface area contributed by atoms with Crippen LogP contribution in [0.5, 0.6) is 5.75 Å². The van der Waals surface area contributed by atoms with Gasteiger partial charge in [0.25, 0.3) is 0 Å². The number of hydrogen-bond acceptors (Lipinski definition) is 3. The first-order chi connectivity index (χ1) is 9.24. The van der Waals surface area contributed by atoms with Gasteiger partial charge in [0.15, 0.2) is 0 Å². The summed E-state index contributed by atoms with van der Waals surface area (Å²) < 4.78 is 5.18. The molecule has 3 nitrogen and oxygen atoms in total. The molecule has 1 aromatic rings. The predicted octanol–water partition coefficient (Wildman–Crippen LogP) is 3.01. The maximum Gasteiger partial charge on any atom is 0.118 e. The van der Waals surface area contributed by atoms with Crippen molar-refractivity contribution in [2.24, 2.45) is 0 Å². The van der Waals surface area contributed by atoms with Crippen molar-refractivity contribution in [3.63, 3.8) is 0 Å². The highest BCUT2D eigenvalue weighted by atomic mass is 35.5. The topological polar surface area (TPSA) is 15.7 Å². The summed E-state index contributed by atoms with van der Waals surface area (Å²) in [6.45, 7) is 2.78. The molecule has 0 bridgehead atoms. The molecule has 0 N–H and O–H groups in total. The van der Waals surface area contributed by atoms with Crippen molar-refractivity contribution in [3.8, 4) is 5.75 Å². The molecule has 0 radical (unpaired) electrons. The van der Waals surface area contributed by atoms with Crippen LogP contribution in [0.1, 0.15) is 18.4 Å². The smallest absolute Gasteiger partial charge is 0.118 e. The second-order valence-corrected chi connectivity index (χ2v) is 5.78. The minimum Gasteiger partial charge on any atom is -0.497 e. The van der Waals surface area contributed by atoms with Crippen molar-refractivity contribution < 1.29 is 4.74 Å². The molecule has 0 unspecified atom stereocenters. The molecule has 1 heterocycles. The van der Waals surface area contributed by atoms with Gasteiger partial charge in [0.2, 0.25) is 0 Å².